The van der Waals surface area contributed by atoms with E-state index in [0.717, 1.165) is 49.5 Å². The van der Waals surface area contributed by atoms with E-state index in [4.69, 9.17) is 44.9 Å². The van der Waals surface area contributed by atoms with Crippen molar-refractivity contribution in [3.63, 3.8) is 0 Å². The first-order chi connectivity index (χ1) is 15.0. The van der Waals surface area contributed by atoms with Crippen LogP contribution in [0, 0.1) is 0 Å². The molecule has 162 valence electrons. The highest BCUT2D eigenvalue weighted by Gasteiger charge is 2.23. The number of nitrogens with one attached hydrogen (secondary N) is 1. The van der Waals surface area contributed by atoms with E-state index in [2.05, 4.69) is 10.2 Å². The largest absolute Gasteiger partial charge is 0.492 e. The summed E-state index contributed by atoms with van der Waals surface area (Å²) < 4.78 is 11.9. The molecule has 0 bridgehead atoms. The summed E-state index contributed by atoms with van der Waals surface area (Å²) in [4.78, 5) is 15.0. The highest BCUT2D eigenvalue weighted by atomic mass is 35.5. The molecule has 0 aromatic heterocycles. The minimum atomic E-state index is -0.200. The molecule has 0 radical (unpaired) electrons. The molecule has 1 N–H and O–H groups in total. The summed E-state index contributed by atoms with van der Waals surface area (Å²) in [5, 5.41) is 3.64. The normalized spacial score (nSPS) is 18.5. The Bertz CT molecular complexity index is 1040. The Kier molecular flexibility index (Phi) is 7.53. The minimum absolute atomic E-state index is 0.200. The quantitative estimate of drug-likeness (QED) is 0.457. The van der Waals surface area contributed by atoms with Gasteiger partial charge in [-0.15, -0.1) is 0 Å². The third kappa shape index (κ3) is 5.80. The molecule has 2 fully saturated rings. The highest BCUT2D eigenvalue weighted by Crippen LogP contribution is 2.34. The molecule has 0 unspecified atom stereocenters. The topological polar surface area (TPSA) is 50.8 Å². The lowest BCUT2D eigenvalue weighted by atomic mass is 10.0. The van der Waals surface area contributed by atoms with Gasteiger partial charge in [0.1, 0.15) is 16.7 Å². The van der Waals surface area contributed by atoms with Gasteiger partial charge < -0.3 is 14.8 Å². The monoisotopic (exact) mass is 494 g/mol. The van der Waals surface area contributed by atoms with Crippen molar-refractivity contribution in [3.8, 4) is 16.9 Å². The molecule has 2 aliphatic rings. The number of amides is 1. The standard InChI is InChI=1S/C22H20Cl2N2O3S2/c23-17-3-1-15(12-18(17)24)14-2-4-19(29-10-7-26-5-8-28-9-6-26)16(11-14)13-20-21(27)25-22(30)31-20/h1-4,11-13H,5-10H2,(H,25,27,30). The van der Waals surface area contributed by atoms with E-state index in [-0.39, 0.29) is 5.91 Å². The van der Waals surface area contributed by atoms with E-state index >= 15 is 0 Å². The minimum Gasteiger partial charge on any atom is -0.492 e. The summed E-state index contributed by atoms with van der Waals surface area (Å²) in [6.45, 7) is 4.67. The van der Waals surface area contributed by atoms with E-state index in [0.29, 0.717) is 31.6 Å². The van der Waals surface area contributed by atoms with Crippen LogP contribution in [0.5, 0.6) is 5.75 Å². The second kappa shape index (κ2) is 10.3. The van der Waals surface area contributed by atoms with Crippen molar-refractivity contribution in [1.82, 2.24) is 10.2 Å². The number of carbonyl (C=O) groups is 1. The average Bonchev–Trinajstić information content (AvgIpc) is 3.08. The summed E-state index contributed by atoms with van der Waals surface area (Å²) in [6.07, 6.45) is 1.81. The Morgan fingerprint density at radius 2 is 1.87 bits per heavy atom. The van der Waals surface area contributed by atoms with Gasteiger partial charge in [0, 0.05) is 25.2 Å². The fraction of sp³-hybridized carbons (Fsp3) is 0.273. The summed E-state index contributed by atoms with van der Waals surface area (Å²) in [5.41, 5.74) is 2.66. The SMILES string of the molecule is O=C1NC(=S)SC1=Cc1cc(-c2ccc(Cl)c(Cl)c2)ccc1OCCN1CCOCC1. The first kappa shape index (κ1) is 22.6. The molecule has 2 saturated heterocycles. The maximum Gasteiger partial charge on any atom is 0.263 e. The van der Waals surface area contributed by atoms with Gasteiger partial charge in [-0.25, -0.2) is 0 Å². The first-order valence-corrected chi connectivity index (χ1v) is 11.7. The lowest BCUT2D eigenvalue weighted by molar-refractivity contribution is -0.115. The van der Waals surface area contributed by atoms with Crippen LogP contribution >= 0.6 is 47.2 Å². The molecule has 5 nitrogen and oxygen atoms in total. The highest BCUT2D eigenvalue weighted by molar-refractivity contribution is 8.26. The Hall–Kier alpha value is -1.61. The summed E-state index contributed by atoms with van der Waals surface area (Å²) in [7, 11) is 0. The molecule has 0 aliphatic carbocycles. The van der Waals surface area contributed by atoms with E-state index in [1.165, 1.54) is 11.8 Å². The molecular weight excluding hydrogens is 475 g/mol. The Morgan fingerprint density at radius 1 is 1.13 bits per heavy atom. The van der Waals surface area contributed by atoms with E-state index in [1.807, 2.05) is 36.4 Å². The van der Waals surface area contributed by atoms with Gasteiger partial charge in [0.2, 0.25) is 0 Å². The van der Waals surface area contributed by atoms with E-state index in [9.17, 15) is 4.79 Å². The van der Waals surface area contributed by atoms with Gasteiger partial charge in [0.05, 0.1) is 28.2 Å². The number of hydrogen-bond acceptors (Lipinski definition) is 6. The number of ether oxygens (including phenoxy) is 2. The van der Waals surface area contributed by atoms with Crippen molar-refractivity contribution in [1.29, 1.82) is 0 Å². The van der Waals surface area contributed by atoms with Crippen molar-refractivity contribution in [2.24, 2.45) is 0 Å². The van der Waals surface area contributed by atoms with Crippen molar-refractivity contribution in [2.45, 2.75) is 0 Å². The van der Waals surface area contributed by atoms with Crippen LogP contribution in [-0.4, -0.2) is 54.6 Å². The number of thiocarbonyl (C=S) groups is 1. The van der Waals surface area contributed by atoms with Gasteiger partial charge in [0.15, 0.2) is 0 Å². The van der Waals surface area contributed by atoms with Gasteiger partial charge in [-0.05, 0) is 41.5 Å². The molecule has 0 atom stereocenters. The van der Waals surface area contributed by atoms with Crippen LogP contribution in [-0.2, 0) is 9.53 Å². The maximum atomic E-state index is 12.2. The fourth-order valence-electron chi connectivity index (χ4n) is 3.32. The number of rotatable bonds is 6. The molecule has 0 saturated carbocycles. The van der Waals surface area contributed by atoms with E-state index in [1.54, 1.807) is 6.07 Å². The molecule has 0 spiro atoms. The van der Waals surface area contributed by atoms with Crippen molar-refractivity contribution in [3.05, 3.63) is 56.9 Å². The molecule has 31 heavy (non-hydrogen) atoms. The zero-order chi connectivity index (χ0) is 21.8. The lowest BCUT2D eigenvalue weighted by Crippen LogP contribution is -2.38. The molecular formula is C22H20Cl2N2O3S2. The number of benzene rings is 2. The third-order valence-electron chi connectivity index (χ3n) is 4.96. The van der Waals surface area contributed by atoms with Crippen LogP contribution in [0.25, 0.3) is 17.2 Å². The molecule has 4 rings (SSSR count). The van der Waals surface area contributed by atoms with Crippen molar-refractivity contribution < 1.29 is 14.3 Å². The van der Waals surface area contributed by atoms with Crippen molar-refractivity contribution in [2.75, 3.05) is 39.5 Å². The average molecular weight is 495 g/mol. The molecule has 2 aromatic carbocycles. The predicted octanol–water partition coefficient (Wildman–Crippen LogP) is 4.86. The first-order valence-electron chi connectivity index (χ1n) is 9.77. The van der Waals surface area contributed by atoms with Crippen LogP contribution in [0.15, 0.2) is 41.3 Å². The van der Waals surface area contributed by atoms with Crippen molar-refractivity contribution >= 4 is 63.5 Å². The Morgan fingerprint density at radius 3 is 2.58 bits per heavy atom. The molecule has 2 aliphatic heterocycles. The van der Waals surface area contributed by atoms with Gasteiger partial charge >= 0.3 is 0 Å². The zero-order valence-corrected chi connectivity index (χ0v) is 19.7. The lowest BCUT2D eigenvalue weighted by Gasteiger charge is -2.26. The molecule has 1 amide bonds. The maximum absolute atomic E-state index is 12.2. The summed E-state index contributed by atoms with van der Waals surface area (Å²) in [5.74, 6) is 0.505. The Labute approximate surface area is 200 Å². The van der Waals surface area contributed by atoms with E-state index < -0.39 is 0 Å². The molecule has 9 heteroatoms. The number of morpholine rings is 1. The van der Waals surface area contributed by atoms with Gasteiger partial charge in [-0.1, -0.05) is 59.3 Å². The fourth-order valence-corrected chi connectivity index (χ4v) is 4.65. The number of hydrogen-bond donors (Lipinski definition) is 1. The van der Waals surface area contributed by atoms with Crippen LogP contribution < -0.4 is 10.1 Å². The predicted molar refractivity (Wildman–Crippen MR) is 131 cm³/mol. The summed E-state index contributed by atoms with van der Waals surface area (Å²) in [6, 6.07) is 11.4. The number of halogens is 2. The van der Waals surface area contributed by atoms with Crippen LogP contribution in [0.4, 0.5) is 0 Å². The number of nitrogens with zero attached hydrogens (tertiary/aromatic N) is 1. The molecule has 2 aromatic rings. The van der Waals surface area contributed by atoms with Crippen LogP contribution in [0.2, 0.25) is 10.0 Å². The van der Waals surface area contributed by atoms with Gasteiger partial charge in [-0.3, -0.25) is 9.69 Å². The Balaban J connectivity index is 1.60. The second-order valence-corrected chi connectivity index (χ2v) is 9.57. The zero-order valence-electron chi connectivity index (χ0n) is 16.5. The smallest absolute Gasteiger partial charge is 0.263 e. The molecule has 2 heterocycles. The third-order valence-corrected chi connectivity index (χ3v) is 6.86. The van der Waals surface area contributed by atoms with Gasteiger partial charge in [0.25, 0.3) is 5.91 Å². The summed E-state index contributed by atoms with van der Waals surface area (Å²) >= 11 is 18.6. The number of carbonyl (C=O) groups excluding carboxylic acids is 1. The van der Waals surface area contributed by atoms with Crippen LogP contribution in [0.1, 0.15) is 5.56 Å². The number of thioether (sulfide) groups is 1. The van der Waals surface area contributed by atoms with Crippen LogP contribution in [0.3, 0.4) is 0 Å². The second-order valence-electron chi connectivity index (χ2n) is 7.04. The van der Waals surface area contributed by atoms with Gasteiger partial charge in [-0.2, -0.15) is 0 Å².